The maximum Gasteiger partial charge on any atom is 0.257 e. The van der Waals surface area contributed by atoms with Crippen molar-refractivity contribution >= 4 is 5.91 Å². The Morgan fingerprint density at radius 3 is 2.47 bits per heavy atom. The van der Waals surface area contributed by atoms with E-state index in [-0.39, 0.29) is 11.9 Å². The van der Waals surface area contributed by atoms with Gasteiger partial charge in [-0.15, -0.1) is 0 Å². The molecule has 2 aromatic carbocycles. The van der Waals surface area contributed by atoms with Gasteiger partial charge in [0.15, 0.2) is 17.3 Å². The molecule has 4 aromatic rings. The number of ether oxygens (including phenoxy) is 2. The molecule has 1 atom stereocenters. The van der Waals surface area contributed by atoms with Gasteiger partial charge in [-0.1, -0.05) is 24.3 Å². The summed E-state index contributed by atoms with van der Waals surface area (Å²) in [6.45, 7) is 4.88. The van der Waals surface area contributed by atoms with Crippen molar-refractivity contribution in [3.05, 3.63) is 89.9 Å². The van der Waals surface area contributed by atoms with E-state index in [0.717, 1.165) is 17.0 Å². The zero-order chi connectivity index (χ0) is 22.1. The lowest BCUT2D eigenvalue weighted by molar-refractivity contribution is 0.0939. The molecule has 0 radical (unpaired) electrons. The lowest BCUT2D eigenvalue weighted by Crippen LogP contribution is -2.28. The topological polar surface area (TPSA) is 70.3 Å². The Morgan fingerprint density at radius 1 is 1.00 bits per heavy atom. The molecule has 0 saturated heterocycles. The summed E-state index contributed by atoms with van der Waals surface area (Å²) in [7, 11) is 0. The SMILES string of the molecule is Cc1nn(-c2ccccc2)c(-n2cccc2)c1C(=O)NC(C)c1ccc2c(c1)OCCO2. The highest BCUT2D eigenvalue weighted by Gasteiger charge is 2.25. The van der Waals surface area contributed by atoms with Gasteiger partial charge in [-0.25, -0.2) is 4.68 Å². The number of amides is 1. The van der Waals surface area contributed by atoms with Gasteiger partial charge in [-0.2, -0.15) is 5.10 Å². The average Bonchev–Trinajstić information content (AvgIpc) is 3.47. The van der Waals surface area contributed by atoms with E-state index in [0.29, 0.717) is 36.0 Å². The molecule has 0 spiro atoms. The van der Waals surface area contributed by atoms with E-state index in [2.05, 4.69) is 5.32 Å². The van der Waals surface area contributed by atoms with Crippen LogP contribution in [0.4, 0.5) is 0 Å². The lowest BCUT2D eigenvalue weighted by atomic mass is 10.1. The molecule has 162 valence electrons. The highest BCUT2D eigenvalue weighted by Crippen LogP contribution is 2.33. The second kappa shape index (κ2) is 8.26. The van der Waals surface area contributed by atoms with Gasteiger partial charge in [-0.3, -0.25) is 4.79 Å². The van der Waals surface area contributed by atoms with Gasteiger partial charge in [0.25, 0.3) is 5.91 Å². The fourth-order valence-corrected chi connectivity index (χ4v) is 3.93. The number of aryl methyl sites for hydroxylation is 1. The van der Waals surface area contributed by atoms with Gasteiger partial charge in [0.1, 0.15) is 18.8 Å². The molecule has 1 aliphatic rings. The highest BCUT2D eigenvalue weighted by atomic mass is 16.6. The Hall–Kier alpha value is -4.00. The lowest BCUT2D eigenvalue weighted by Gasteiger charge is -2.21. The van der Waals surface area contributed by atoms with Crippen molar-refractivity contribution in [2.45, 2.75) is 19.9 Å². The smallest absolute Gasteiger partial charge is 0.257 e. The molecule has 7 nitrogen and oxygen atoms in total. The summed E-state index contributed by atoms with van der Waals surface area (Å²) >= 11 is 0. The van der Waals surface area contributed by atoms with Crippen LogP contribution in [0.1, 0.15) is 34.6 Å². The number of nitrogens with zero attached hydrogens (tertiary/aromatic N) is 3. The molecule has 2 aromatic heterocycles. The summed E-state index contributed by atoms with van der Waals surface area (Å²) in [5, 5.41) is 7.82. The first kappa shape index (κ1) is 19.9. The third-order valence-corrected chi connectivity index (χ3v) is 5.53. The number of fused-ring (bicyclic) bond motifs is 1. The van der Waals surface area contributed by atoms with Crippen molar-refractivity contribution in [2.24, 2.45) is 0 Å². The molecular formula is C25H24N4O3. The molecular weight excluding hydrogens is 404 g/mol. The number of carbonyl (C=O) groups is 1. The van der Waals surface area contributed by atoms with E-state index >= 15 is 0 Å². The van der Waals surface area contributed by atoms with E-state index in [1.165, 1.54) is 0 Å². The second-order valence-corrected chi connectivity index (χ2v) is 7.72. The van der Waals surface area contributed by atoms with Crippen LogP contribution in [0.5, 0.6) is 11.5 Å². The van der Waals surface area contributed by atoms with Crippen molar-refractivity contribution in [1.82, 2.24) is 19.7 Å². The van der Waals surface area contributed by atoms with Crippen LogP contribution in [0, 0.1) is 6.92 Å². The number of carbonyl (C=O) groups excluding carboxylic acids is 1. The molecule has 7 heteroatoms. The minimum absolute atomic E-state index is 0.184. The van der Waals surface area contributed by atoms with Crippen LogP contribution in [0.3, 0.4) is 0 Å². The Bertz CT molecular complexity index is 1250. The summed E-state index contributed by atoms with van der Waals surface area (Å²) in [5.41, 5.74) is 3.02. The number of benzene rings is 2. The first-order valence-electron chi connectivity index (χ1n) is 10.6. The van der Waals surface area contributed by atoms with E-state index in [1.54, 1.807) is 4.68 Å². The Morgan fingerprint density at radius 2 is 1.72 bits per heavy atom. The Kier molecular flexibility index (Phi) is 5.15. The molecule has 1 N–H and O–H groups in total. The average molecular weight is 428 g/mol. The number of hydrogen-bond acceptors (Lipinski definition) is 4. The van der Waals surface area contributed by atoms with Crippen LogP contribution in [0.15, 0.2) is 73.1 Å². The van der Waals surface area contributed by atoms with Crippen LogP contribution in [0.25, 0.3) is 11.5 Å². The molecule has 0 fully saturated rings. The van der Waals surface area contributed by atoms with Crippen LogP contribution in [-0.4, -0.2) is 33.5 Å². The zero-order valence-electron chi connectivity index (χ0n) is 18.0. The van der Waals surface area contributed by atoms with Crippen molar-refractivity contribution in [3.63, 3.8) is 0 Å². The summed E-state index contributed by atoms with van der Waals surface area (Å²) in [4.78, 5) is 13.5. The predicted molar refractivity (Wildman–Crippen MR) is 121 cm³/mol. The third-order valence-electron chi connectivity index (χ3n) is 5.53. The van der Waals surface area contributed by atoms with Crippen molar-refractivity contribution < 1.29 is 14.3 Å². The van der Waals surface area contributed by atoms with E-state index < -0.39 is 0 Å². The fourth-order valence-electron chi connectivity index (χ4n) is 3.93. The van der Waals surface area contributed by atoms with Gasteiger partial charge >= 0.3 is 0 Å². The van der Waals surface area contributed by atoms with E-state index in [9.17, 15) is 4.79 Å². The number of aromatic nitrogens is 3. The molecule has 1 unspecified atom stereocenters. The largest absolute Gasteiger partial charge is 0.486 e. The van der Waals surface area contributed by atoms with Gasteiger partial charge in [0, 0.05) is 12.4 Å². The Balaban J connectivity index is 1.49. The second-order valence-electron chi connectivity index (χ2n) is 7.72. The monoisotopic (exact) mass is 428 g/mol. The summed E-state index contributed by atoms with van der Waals surface area (Å²) in [5.74, 6) is 1.95. The van der Waals surface area contributed by atoms with Crippen LogP contribution < -0.4 is 14.8 Å². The van der Waals surface area contributed by atoms with Crippen LogP contribution >= 0.6 is 0 Å². The number of hydrogen-bond donors (Lipinski definition) is 1. The minimum Gasteiger partial charge on any atom is -0.486 e. The maximum absolute atomic E-state index is 13.5. The highest BCUT2D eigenvalue weighted by molar-refractivity contribution is 5.99. The van der Waals surface area contributed by atoms with Crippen molar-refractivity contribution in [1.29, 1.82) is 0 Å². The number of nitrogens with one attached hydrogen (secondary N) is 1. The van der Waals surface area contributed by atoms with Gasteiger partial charge in [0.05, 0.1) is 17.4 Å². The summed E-state index contributed by atoms with van der Waals surface area (Å²) < 4.78 is 15.0. The fraction of sp³-hybridized carbons (Fsp3) is 0.200. The van der Waals surface area contributed by atoms with Crippen LogP contribution in [-0.2, 0) is 0 Å². The number of para-hydroxylation sites is 1. The van der Waals surface area contributed by atoms with Gasteiger partial charge in [-0.05, 0) is 55.8 Å². The minimum atomic E-state index is -0.227. The van der Waals surface area contributed by atoms with Gasteiger partial charge < -0.3 is 19.4 Å². The first-order valence-corrected chi connectivity index (χ1v) is 10.6. The normalized spacial score (nSPS) is 13.6. The quantitative estimate of drug-likeness (QED) is 0.516. The molecule has 1 amide bonds. The molecule has 1 aliphatic heterocycles. The molecule has 0 saturated carbocycles. The van der Waals surface area contributed by atoms with Crippen molar-refractivity contribution in [2.75, 3.05) is 13.2 Å². The maximum atomic E-state index is 13.5. The molecule has 0 bridgehead atoms. The summed E-state index contributed by atoms with van der Waals surface area (Å²) in [6.07, 6.45) is 3.83. The first-order chi connectivity index (χ1) is 15.6. The molecule has 32 heavy (non-hydrogen) atoms. The van der Waals surface area contributed by atoms with E-state index in [1.807, 2.05) is 91.5 Å². The van der Waals surface area contributed by atoms with Gasteiger partial charge in [0.2, 0.25) is 0 Å². The zero-order valence-corrected chi connectivity index (χ0v) is 18.0. The standard InChI is InChI=1S/C25H24N4O3/c1-17(19-10-11-21-22(16-19)32-15-14-31-21)26-24(30)23-18(2)27-29(20-8-4-3-5-9-20)25(23)28-12-6-7-13-28/h3-13,16-17H,14-15H2,1-2H3,(H,26,30). The van der Waals surface area contributed by atoms with Crippen LogP contribution in [0.2, 0.25) is 0 Å². The summed E-state index contributed by atoms with van der Waals surface area (Å²) in [6, 6.07) is 19.2. The van der Waals surface area contributed by atoms with E-state index in [4.69, 9.17) is 14.6 Å². The Labute approximate surface area is 186 Å². The number of rotatable bonds is 5. The molecule has 5 rings (SSSR count). The third kappa shape index (κ3) is 3.62. The van der Waals surface area contributed by atoms with Crippen molar-refractivity contribution in [3.8, 4) is 23.0 Å². The molecule has 0 aliphatic carbocycles. The predicted octanol–water partition coefficient (Wildman–Crippen LogP) is 4.23. The molecule has 3 heterocycles.